The lowest BCUT2D eigenvalue weighted by Gasteiger charge is -2.28. The van der Waals surface area contributed by atoms with E-state index in [4.69, 9.17) is 0 Å². The highest BCUT2D eigenvalue weighted by Crippen LogP contribution is 2.31. The summed E-state index contributed by atoms with van der Waals surface area (Å²) in [5.41, 5.74) is -0.912. The van der Waals surface area contributed by atoms with Gasteiger partial charge in [0.25, 0.3) is 0 Å². The topological polar surface area (TPSA) is 69.6 Å². The van der Waals surface area contributed by atoms with Crippen LogP contribution >= 0.6 is 0 Å². The van der Waals surface area contributed by atoms with Gasteiger partial charge in [-0.3, -0.25) is 9.59 Å². The predicted octanol–water partition coefficient (Wildman–Crippen LogP) is 0.945. The van der Waals surface area contributed by atoms with Crippen molar-refractivity contribution in [2.75, 3.05) is 27.2 Å². The summed E-state index contributed by atoms with van der Waals surface area (Å²) in [6, 6.07) is 0. The van der Waals surface area contributed by atoms with Gasteiger partial charge in [-0.15, -0.1) is 0 Å². The van der Waals surface area contributed by atoms with Gasteiger partial charge in [-0.25, -0.2) is 0 Å². The van der Waals surface area contributed by atoms with Gasteiger partial charge >= 0.3 is 5.97 Å². The van der Waals surface area contributed by atoms with E-state index in [-0.39, 0.29) is 12.3 Å². The number of amides is 1. The first-order chi connectivity index (χ1) is 7.93. The summed E-state index contributed by atoms with van der Waals surface area (Å²) in [6.07, 6.45) is 1.03. The molecular formula is C12H24N2O3. The molecule has 0 heterocycles. The molecule has 5 nitrogen and oxygen atoms in total. The lowest BCUT2D eigenvalue weighted by Crippen LogP contribution is -2.39. The lowest BCUT2D eigenvalue weighted by atomic mass is 9.79. The third kappa shape index (κ3) is 4.34. The first-order valence-electron chi connectivity index (χ1n) is 6.05. The van der Waals surface area contributed by atoms with Gasteiger partial charge in [0.15, 0.2) is 0 Å². The van der Waals surface area contributed by atoms with Crippen molar-refractivity contribution in [3.05, 3.63) is 0 Å². The number of nitrogens with one attached hydrogen (secondary N) is 1. The number of rotatable bonds is 8. The highest BCUT2D eigenvalue weighted by molar-refractivity contribution is 5.84. The third-order valence-electron chi connectivity index (χ3n) is 3.42. The van der Waals surface area contributed by atoms with Gasteiger partial charge in [0, 0.05) is 26.6 Å². The number of carbonyl (C=O) groups is 2. The molecule has 0 aromatic carbocycles. The van der Waals surface area contributed by atoms with Crippen LogP contribution in [0.3, 0.4) is 0 Å². The molecule has 17 heavy (non-hydrogen) atoms. The molecule has 0 unspecified atom stereocenters. The van der Waals surface area contributed by atoms with Gasteiger partial charge in [-0.1, -0.05) is 13.8 Å². The van der Waals surface area contributed by atoms with Crippen molar-refractivity contribution in [3.8, 4) is 0 Å². The maximum Gasteiger partial charge on any atom is 0.310 e. The summed E-state index contributed by atoms with van der Waals surface area (Å²) in [5, 5.41) is 12.2. The van der Waals surface area contributed by atoms with Crippen LogP contribution in [0, 0.1) is 5.41 Å². The molecule has 0 aromatic rings. The number of carboxylic acids is 1. The van der Waals surface area contributed by atoms with Gasteiger partial charge < -0.3 is 15.3 Å². The highest BCUT2D eigenvalue weighted by Gasteiger charge is 2.37. The molecule has 0 aliphatic carbocycles. The number of hydrogen-bond acceptors (Lipinski definition) is 3. The summed E-state index contributed by atoms with van der Waals surface area (Å²) in [5.74, 6) is -0.982. The number of likely N-dealkylation sites (N-methyl/N-ethyl adjacent to an activating group) is 2. The van der Waals surface area contributed by atoms with Crippen molar-refractivity contribution in [1.29, 1.82) is 0 Å². The van der Waals surface area contributed by atoms with Crippen LogP contribution in [0.5, 0.6) is 0 Å². The van der Waals surface area contributed by atoms with E-state index in [1.165, 1.54) is 0 Å². The quantitative estimate of drug-likeness (QED) is 0.667. The molecule has 0 aliphatic rings. The standard InChI is InChI=1S/C12H24N2O3/c1-5-12(6-2,11(16)17)9-10(15)14(4)8-7-13-3/h13H,5-9H2,1-4H3,(H,16,17). The van der Waals surface area contributed by atoms with Crippen LogP contribution in [-0.4, -0.2) is 49.1 Å². The predicted molar refractivity (Wildman–Crippen MR) is 66.8 cm³/mol. The summed E-state index contributed by atoms with van der Waals surface area (Å²) >= 11 is 0. The zero-order chi connectivity index (χ0) is 13.5. The Labute approximate surface area is 103 Å². The number of aliphatic carboxylic acids is 1. The Bertz CT molecular complexity index is 262. The van der Waals surface area contributed by atoms with E-state index >= 15 is 0 Å². The molecule has 0 aliphatic heterocycles. The van der Waals surface area contributed by atoms with Gasteiger partial charge in [-0.2, -0.15) is 0 Å². The van der Waals surface area contributed by atoms with Crippen LogP contribution in [0.15, 0.2) is 0 Å². The van der Waals surface area contributed by atoms with Crippen LogP contribution in [0.2, 0.25) is 0 Å². The Kier molecular flexibility index (Phi) is 6.80. The van der Waals surface area contributed by atoms with Crippen molar-refractivity contribution in [1.82, 2.24) is 10.2 Å². The zero-order valence-electron chi connectivity index (χ0n) is 11.2. The smallest absolute Gasteiger partial charge is 0.310 e. The summed E-state index contributed by atoms with van der Waals surface area (Å²) in [6.45, 7) is 4.94. The average Bonchev–Trinajstić information content (AvgIpc) is 2.32. The van der Waals surface area contributed by atoms with E-state index in [1.54, 1.807) is 11.9 Å². The second kappa shape index (κ2) is 7.27. The minimum absolute atomic E-state index is 0.0789. The summed E-state index contributed by atoms with van der Waals surface area (Å²) < 4.78 is 0. The van der Waals surface area contributed by atoms with Crippen molar-refractivity contribution in [3.63, 3.8) is 0 Å². The van der Waals surface area contributed by atoms with Gasteiger partial charge in [0.05, 0.1) is 5.41 Å². The molecule has 0 saturated heterocycles. The number of carbonyl (C=O) groups excluding carboxylic acids is 1. The van der Waals surface area contributed by atoms with Crippen LogP contribution in [0.25, 0.3) is 0 Å². The molecule has 1 amide bonds. The Morgan fingerprint density at radius 1 is 1.29 bits per heavy atom. The van der Waals surface area contributed by atoms with Gasteiger partial charge in [0.2, 0.25) is 5.91 Å². The molecule has 0 bridgehead atoms. The van der Waals surface area contributed by atoms with Gasteiger partial charge in [-0.05, 0) is 19.9 Å². The minimum atomic E-state index is -0.912. The van der Waals surface area contributed by atoms with Crippen molar-refractivity contribution >= 4 is 11.9 Å². The van der Waals surface area contributed by atoms with E-state index in [0.717, 1.165) is 0 Å². The minimum Gasteiger partial charge on any atom is -0.481 e. The highest BCUT2D eigenvalue weighted by atomic mass is 16.4. The van der Waals surface area contributed by atoms with E-state index in [9.17, 15) is 14.7 Å². The van der Waals surface area contributed by atoms with E-state index in [2.05, 4.69) is 5.32 Å². The van der Waals surface area contributed by atoms with Gasteiger partial charge in [0.1, 0.15) is 0 Å². The molecule has 0 fully saturated rings. The molecule has 0 atom stereocenters. The fourth-order valence-corrected chi connectivity index (χ4v) is 1.71. The molecule has 5 heteroatoms. The molecule has 100 valence electrons. The maximum absolute atomic E-state index is 11.9. The Hall–Kier alpha value is -1.10. The van der Waals surface area contributed by atoms with Crippen molar-refractivity contribution < 1.29 is 14.7 Å². The molecule has 0 radical (unpaired) electrons. The van der Waals surface area contributed by atoms with E-state index < -0.39 is 11.4 Å². The fourth-order valence-electron chi connectivity index (χ4n) is 1.71. The largest absolute Gasteiger partial charge is 0.481 e. The molecule has 2 N–H and O–H groups in total. The third-order valence-corrected chi connectivity index (χ3v) is 3.42. The zero-order valence-corrected chi connectivity index (χ0v) is 11.2. The molecule has 0 aromatic heterocycles. The fraction of sp³-hybridized carbons (Fsp3) is 0.833. The lowest BCUT2D eigenvalue weighted by molar-refractivity contribution is -0.154. The monoisotopic (exact) mass is 244 g/mol. The van der Waals surface area contributed by atoms with Crippen LogP contribution < -0.4 is 5.32 Å². The SMILES string of the molecule is CCC(CC)(CC(=O)N(C)CCNC)C(=O)O. The second-order valence-electron chi connectivity index (χ2n) is 4.39. The summed E-state index contributed by atoms with van der Waals surface area (Å²) in [4.78, 5) is 24.8. The van der Waals surface area contributed by atoms with Crippen molar-refractivity contribution in [2.45, 2.75) is 33.1 Å². The Morgan fingerprint density at radius 2 is 1.82 bits per heavy atom. The van der Waals surface area contributed by atoms with Crippen molar-refractivity contribution in [2.24, 2.45) is 5.41 Å². The molecular weight excluding hydrogens is 220 g/mol. The first kappa shape index (κ1) is 15.9. The average molecular weight is 244 g/mol. The number of nitrogens with zero attached hydrogens (tertiary/aromatic N) is 1. The van der Waals surface area contributed by atoms with E-state index in [1.807, 2.05) is 20.9 Å². The molecule has 0 rings (SSSR count). The summed E-state index contributed by atoms with van der Waals surface area (Å²) in [7, 11) is 3.52. The first-order valence-corrected chi connectivity index (χ1v) is 6.05. The molecule has 0 saturated carbocycles. The maximum atomic E-state index is 11.9. The Balaban J connectivity index is 4.56. The normalized spacial score (nSPS) is 11.3. The molecule has 0 spiro atoms. The van der Waals surface area contributed by atoms with Crippen LogP contribution in [0.4, 0.5) is 0 Å². The van der Waals surface area contributed by atoms with E-state index in [0.29, 0.717) is 25.9 Å². The van der Waals surface area contributed by atoms with Crippen LogP contribution in [-0.2, 0) is 9.59 Å². The van der Waals surface area contributed by atoms with Crippen LogP contribution in [0.1, 0.15) is 33.1 Å². The number of hydrogen-bond donors (Lipinski definition) is 2. The Morgan fingerprint density at radius 3 is 2.18 bits per heavy atom. The second-order valence-corrected chi connectivity index (χ2v) is 4.39. The number of carboxylic acid groups (broad SMARTS) is 1.